The van der Waals surface area contributed by atoms with E-state index >= 15 is 0 Å². The molecule has 2 amide bonds. The van der Waals surface area contributed by atoms with Crippen LogP contribution in [0.15, 0.2) is 42.5 Å². The molecule has 5 N–H and O–H groups in total. The van der Waals surface area contributed by atoms with E-state index in [1.165, 1.54) is 5.56 Å². The summed E-state index contributed by atoms with van der Waals surface area (Å²) in [5, 5.41) is 15.3. The van der Waals surface area contributed by atoms with Crippen LogP contribution in [0.1, 0.15) is 42.5 Å². The van der Waals surface area contributed by atoms with Crippen molar-refractivity contribution in [2.45, 2.75) is 65.1 Å². The molecule has 6 nitrogen and oxygen atoms in total. The summed E-state index contributed by atoms with van der Waals surface area (Å²) in [5.74, 6) is -0.409. The van der Waals surface area contributed by atoms with Gasteiger partial charge in [0.25, 0.3) is 0 Å². The maximum absolute atomic E-state index is 12.5. The lowest BCUT2D eigenvalue weighted by Gasteiger charge is -2.21. The normalized spacial score (nSPS) is 13.5. The maximum atomic E-state index is 12.5. The van der Waals surface area contributed by atoms with E-state index in [9.17, 15) is 14.7 Å². The Balaban J connectivity index is 0.00000480. The number of nitrogens with two attached hydrogens (primary N) is 1. The van der Waals surface area contributed by atoms with Crippen LogP contribution in [0.3, 0.4) is 0 Å². The zero-order valence-corrected chi connectivity index (χ0v) is 19.5. The SMILES string of the molecule is Cc1cc(O)cc(C)c1C[C@H](N)C(=O)N[C@H](C)C(=O)NC(C)CCc1ccccc1.Cl. The summed E-state index contributed by atoms with van der Waals surface area (Å²) in [4.78, 5) is 24.9. The minimum atomic E-state index is -0.780. The number of halogens is 1. The van der Waals surface area contributed by atoms with Gasteiger partial charge in [-0.2, -0.15) is 0 Å². The summed E-state index contributed by atoms with van der Waals surface area (Å²) in [7, 11) is 0. The van der Waals surface area contributed by atoms with E-state index in [0.29, 0.717) is 6.42 Å². The van der Waals surface area contributed by atoms with Crippen LogP contribution in [0, 0.1) is 13.8 Å². The van der Waals surface area contributed by atoms with Gasteiger partial charge in [0.2, 0.25) is 11.8 Å². The van der Waals surface area contributed by atoms with Crippen molar-refractivity contribution >= 4 is 24.2 Å². The number of benzene rings is 2. The molecule has 0 aromatic heterocycles. The molecule has 170 valence electrons. The predicted molar refractivity (Wildman–Crippen MR) is 126 cm³/mol. The second-order valence-electron chi connectivity index (χ2n) is 8.03. The third-order valence-electron chi connectivity index (χ3n) is 5.29. The molecule has 2 aromatic rings. The molecule has 0 aliphatic carbocycles. The van der Waals surface area contributed by atoms with Gasteiger partial charge in [-0.05, 0) is 81.3 Å². The van der Waals surface area contributed by atoms with Gasteiger partial charge in [0, 0.05) is 6.04 Å². The molecule has 31 heavy (non-hydrogen) atoms. The zero-order valence-electron chi connectivity index (χ0n) is 18.6. The van der Waals surface area contributed by atoms with Crippen molar-refractivity contribution in [3.63, 3.8) is 0 Å². The van der Waals surface area contributed by atoms with E-state index in [1.54, 1.807) is 19.1 Å². The van der Waals surface area contributed by atoms with E-state index < -0.39 is 12.1 Å². The fourth-order valence-corrected chi connectivity index (χ4v) is 3.46. The van der Waals surface area contributed by atoms with Crippen molar-refractivity contribution in [2.75, 3.05) is 0 Å². The Labute approximate surface area is 191 Å². The van der Waals surface area contributed by atoms with Crippen LogP contribution in [0.5, 0.6) is 5.75 Å². The minimum absolute atomic E-state index is 0. The maximum Gasteiger partial charge on any atom is 0.242 e. The van der Waals surface area contributed by atoms with Crippen LogP contribution < -0.4 is 16.4 Å². The van der Waals surface area contributed by atoms with Crippen molar-refractivity contribution in [2.24, 2.45) is 5.73 Å². The largest absolute Gasteiger partial charge is 0.508 e. The highest BCUT2D eigenvalue weighted by molar-refractivity contribution is 5.89. The number of hydrogen-bond acceptors (Lipinski definition) is 4. The van der Waals surface area contributed by atoms with Crippen LogP contribution in [-0.2, 0) is 22.4 Å². The lowest BCUT2D eigenvalue weighted by molar-refractivity contribution is -0.129. The van der Waals surface area contributed by atoms with Gasteiger partial charge in [0.15, 0.2) is 0 Å². The summed E-state index contributed by atoms with van der Waals surface area (Å²) in [6, 6.07) is 12.0. The average molecular weight is 448 g/mol. The number of phenols is 1. The van der Waals surface area contributed by atoms with Crippen LogP contribution in [-0.4, -0.2) is 35.0 Å². The number of aryl methyl sites for hydroxylation is 3. The Kier molecular flexibility index (Phi) is 10.5. The van der Waals surface area contributed by atoms with Crippen molar-refractivity contribution in [3.05, 3.63) is 64.7 Å². The van der Waals surface area contributed by atoms with Crippen LogP contribution >= 0.6 is 12.4 Å². The van der Waals surface area contributed by atoms with Gasteiger partial charge in [-0.25, -0.2) is 0 Å². The Hall–Kier alpha value is -2.57. The molecule has 0 bridgehead atoms. The first-order valence-corrected chi connectivity index (χ1v) is 10.4. The Morgan fingerprint density at radius 1 is 1.00 bits per heavy atom. The van der Waals surface area contributed by atoms with E-state index in [1.807, 2.05) is 39.0 Å². The molecule has 1 unspecified atom stereocenters. The van der Waals surface area contributed by atoms with Gasteiger partial charge in [0.05, 0.1) is 6.04 Å². The quantitative estimate of drug-likeness (QED) is 0.474. The molecule has 0 fully saturated rings. The monoisotopic (exact) mass is 447 g/mol. The third-order valence-corrected chi connectivity index (χ3v) is 5.29. The van der Waals surface area contributed by atoms with Gasteiger partial charge in [-0.15, -0.1) is 12.4 Å². The topological polar surface area (TPSA) is 104 Å². The molecule has 0 heterocycles. The molecular weight excluding hydrogens is 414 g/mol. The summed E-state index contributed by atoms with van der Waals surface area (Å²) < 4.78 is 0. The highest BCUT2D eigenvalue weighted by atomic mass is 35.5. The minimum Gasteiger partial charge on any atom is -0.508 e. The first-order valence-electron chi connectivity index (χ1n) is 10.4. The van der Waals surface area contributed by atoms with Crippen molar-refractivity contribution in [1.82, 2.24) is 10.6 Å². The molecule has 0 radical (unpaired) electrons. The number of amides is 2. The second-order valence-corrected chi connectivity index (χ2v) is 8.03. The lowest BCUT2D eigenvalue weighted by Crippen LogP contribution is -2.52. The number of carbonyl (C=O) groups is 2. The predicted octanol–water partition coefficient (Wildman–Crippen LogP) is 2.94. The first-order chi connectivity index (χ1) is 14.2. The van der Waals surface area contributed by atoms with Gasteiger partial charge in [-0.1, -0.05) is 30.3 Å². The van der Waals surface area contributed by atoms with Crippen LogP contribution in [0.25, 0.3) is 0 Å². The Morgan fingerprint density at radius 2 is 1.58 bits per heavy atom. The van der Waals surface area contributed by atoms with Crippen molar-refractivity contribution in [3.8, 4) is 5.75 Å². The fraction of sp³-hybridized carbons (Fsp3) is 0.417. The average Bonchev–Trinajstić information content (AvgIpc) is 2.69. The van der Waals surface area contributed by atoms with Gasteiger partial charge in [-0.3, -0.25) is 9.59 Å². The second kappa shape index (κ2) is 12.3. The zero-order chi connectivity index (χ0) is 22.3. The fourth-order valence-electron chi connectivity index (χ4n) is 3.46. The smallest absolute Gasteiger partial charge is 0.242 e. The highest BCUT2D eigenvalue weighted by Crippen LogP contribution is 2.21. The third kappa shape index (κ3) is 8.23. The standard InChI is InChI=1S/C24H33N3O3.ClH/c1-15-12-20(28)13-16(2)21(15)14-22(25)24(30)27-18(4)23(29)26-17(3)10-11-19-8-6-5-7-9-19;/h5-9,12-13,17-18,22,28H,10-11,14,25H2,1-4H3,(H,26,29)(H,27,30);1H/t17?,18-,22+;/m1./s1. The molecule has 0 aliphatic rings. The number of nitrogens with one attached hydrogen (secondary N) is 2. The number of rotatable bonds is 9. The van der Waals surface area contributed by atoms with E-state index in [4.69, 9.17) is 5.73 Å². The molecule has 0 saturated heterocycles. The Morgan fingerprint density at radius 3 is 2.16 bits per heavy atom. The van der Waals surface area contributed by atoms with E-state index in [-0.39, 0.29) is 36.0 Å². The van der Waals surface area contributed by atoms with Crippen molar-refractivity contribution < 1.29 is 14.7 Å². The molecule has 7 heteroatoms. The van der Waals surface area contributed by atoms with E-state index in [0.717, 1.165) is 29.5 Å². The molecule has 0 spiro atoms. The molecule has 2 rings (SSSR count). The number of carbonyl (C=O) groups excluding carboxylic acids is 2. The van der Waals surface area contributed by atoms with Gasteiger partial charge >= 0.3 is 0 Å². The number of phenolic OH excluding ortho intramolecular Hbond substituents is 1. The lowest BCUT2D eigenvalue weighted by atomic mass is 9.96. The van der Waals surface area contributed by atoms with Gasteiger partial charge < -0.3 is 21.5 Å². The first kappa shape index (κ1) is 26.5. The van der Waals surface area contributed by atoms with Gasteiger partial charge in [0.1, 0.15) is 11.8 Å². The summed E-state index contributed by atoms with van der Waals surface area (Å²) in [6.07, 6.45) is 2.03. The summed E-state index contributed by atoms with van der Waals surface area (Å²) >= 11 is 0. The molecule has 0 aliphatic heterocycles. The van der Waals surface area contributed by atoms with Crippen molar-refractivity contribution in [1.29, 1.82) is 0 Å². The molecule has 3 atom stereocenters. The molecule has 0 saturated carbocycles. The number of hydrogen-bond donors (Lipinski definition) is 4. The summed E-state index contributed by atoms with van der Waals surface area (Å²) in [5.41, 5.74) is 10.0. The summed E-state index contributed by atoms with van der Waals surface area (Å²) in [6.45, 7) is 7.36. The molecular formula is C24H34ClN3O3. The Bertz CT molecular complexity index is 851. The highest BCUT2D eigenvalue weighted by Gasteiger charge is 2.22. The van der Waals surface area contributed by atoms with Crippen LogP contribution in [0.2, 0.25) is 0 Å². The van der Waals surface area contributed by atoms with Crippen LogP contribution in [0.4, 0.5) is 0 Å². The van der Waals surface area contributed by atoms with E-state index in [2.05, 4.69) is 22.8 Å². The number of aromatic hydroxyl groups is 1. The molecule has 2 aromatic carbocycles.